The summed E-state index contributed by atoms with van der Waals surface area (Å²) in [5.41, 5.74) is 0.966. The molecule has 0 amide bonds. The molecule has 0 unspecified atom stereocenters. The van der Waals surface area contributed by atoms with Gasteiger partial charge in [-0.05, 0) is 19.8 Å². The second kappa shape index (κ2) is 9.95. The average molecular weight is 330 g/mol. The van der Waals surface area contributed by atoms with E-state index in [-0.39, 0.29) is 0 Å². The van der Waals surface area contributed by atoms with Crippen LogP contribution in [-0.2, 0) is 9.47 Å². The van der Waals surface area contributed by atoms with Crippen molar-refractivity contribution in [2.75, 3.05) is 31.6 Å². The topological polar surface area (TPSA) is 60.4 Å². The zero-order valence-corrected chi connectivity index (χ0v) is 14.7. The molecule has 2 aromatic rings. The van der Waals surface area contributed by atoms with Crippen LogP contribution in [0.4, 0.5) is 5.95 Å². The zero-order chi connectivity index (χ0) is 17.2. The van der Waals surface area contributed by atoms with Crippen LogP contribution in [0.25, 0.3) is 11.4 Å². The molecule has 0 N–H and O–H groups in total. The summed E-state index contributed by atoms with van der Waals surface area (Å²) in [6.45, 7) is 8.22. The number of aromatic nitrogens is 3. The van der Waals surface area contributed by atoms with E-state index in [1.165, 1.54) is 0 Å². The third kappa shape index (κ3) is 5.54. The molecule has 2 rings (SSSR count). The molecule has 6 nitrogen and oxygen atoms in total. The third-order valence-electron chi connectivity index (χ3n) is 3.24. The Bertz CT molecular complexity index is 597. The first-order valence-corrected chi connectivity index (χ1v) is 8.43. The van der Waals surface area contributed by atoms with Crippen molar-refractivity contribution in [2.24, 2.45) is 0 Å². The zero-order valence-electron chi connectivity index (χ0n) is 14.7. The molecular formula is C18H26N4O2. The molecule has 1 aromatic heterocycles. The quantitative estimate of drug-likeness (QED) is 0.491. The molecule has 0 saturated heterocycles. The Kier molecular flexibility index (Phi) is 7.58. The van der Waals surface area contributed by atoms with Gasteiger partial charge in [-0.1, -0.05) is 44.2 Å². The van der Waals surface area contributed by atoms with Crippen LogP contribution in [0.5, 0.6) is 0 Å². The molecule has 1 heterocycles. The Morgan fingerprint density at radius 1 is 0.875 bits per heavy atom. The van der Waals surface area contributed by atoms with E-state index in [0.29, 0.717) is 44.3 Å². The lowest BCUT2D eigenvalue weighted by molar-refractivity contribution is 0.0839. The molecule has 0 aliphatic heterocycles. The number of hydrogen-bond donors (Lipinski definition) is 0. The Hall–Kier alpha value is -2.05. The molecule has 6 heteroatoms. The summed E-state index contributed by atoms with van der Waals surface area (Å²) in [5, 5.41) is 0. The van der Waals surface area contributed by atoms with Crippen LogP contribution in [0.3, 0.4) is 0 Å². The Morgan fingerprint density at radius 2 is 1.50 bits per heavy atom. The van der Waals surface area contributed by atoms with Gasteiger partial charge in [-0.2, -0.15) is 9.97 Å². The summed E-state index contributed by atoms with van der Waals surface area (Å²) in [5.74, 6) is 1.91. The largest absolute Gasteiger partial charge is 0.361 e. The van der Waals surface area contributed by atoms with E-state index < -0.39 is 0 Å². The monoisotopic (exact) mass is 330 g/mol. The molecule has 0 atom stereocenters. The molecule has 0 spiro atoms. The van der Waals surface area contributed by atoms with Gasteiger partial charge in [-0.3, -0.25) is 4.90 Å². The van der Waals surface area contributed by atoms with E-state index in [1.54, 1.807) is 0 Å². The van der Waals surface area contributed by atoms with E-state index in [0.717, 1.165) is 18.4 Å². The number of anilines is 1. The highest BCUT2D eigenvalue weighted by atomic mass is 16.5. The maximum atomic E-state index is 5.66. The van der Waals surface area contributed by atoms with Gasteiger partial charge in [0.05, 0.1) is 0 Å². The standard InChI is InChI=1S/C18H26N4O2/c1-4-11-23-13-22(14-24-12-5-2)18-20-15(3)19-17(21-18)16-9-7-6-8-10-16/h6-10H,4-5,11-14H2,1-3H3. The first kappa shape index (κ1) is 18.3. The summed E-state index contributed by atoms with van der Waals surface area (Å²) >= 11 is 0. The van der Waals surface area contributed by atoms with Gasteiger partial charge in [0, 0.05) is 18.8 Å². The van der Waals surface area contributed by atoms with E-state index in [2.05, 4.69) is 28.8 Å². The van der Waals surface area contributed by atoms with Crippen LogP contribution >= 0.6 is 0 Å². The maximum Gasteiger partial charge on any atom is 0.232 e. The smallest absolute Gasteiger partial charge is 0.232 e. The van der Waals surface area contributed by atoms with E-state index in [4.69, 9.17) is 9.47 Å². The van der Waals surface area contributed by atoms with Gasteiger partial charge in [0.1, 0.15) is 19.3 Å². The minimum atomic E-state index is 0.398. The fourth-order valence-corrected chi connectivity index (χ4v) is 2.12. The lowest BCUT2D eigenvalue weighted by Gasteiger charge is -2.22. The van der Waals surface area contributed by atoms with Crippen LogP contribution in [0.15, 0.2) is 30.3 Å². The van der Waals surface area contributed by atoms with Gasteiger partial charge in [-0.15, -0.1) is 0 Å². The van der Waals surface area contributed by atoms with Gasteiger partial charge in [0.2, 0.25) is 5.95 Å². The van der Waals surface area contributed by atoms with Gasteiger partial charge < -0.3 is 9.47 Å². The van der Waals surface area contributed by atoms with Crippen LogP contribution in [0.2, 0.25) is 0 Å². The first-order valence-electron chi connectivity index (χ1n) is 8.43. The predicted octanol–water partition coefficient (Wildman–Crippen LogP) is 3.42. The van der Waals surface area contributed by atoms with Crippen molar-refractivity contribution in [3.05, 3.63) is 36.2 Å². The number of nitrogens with zero attached hydrogens (tertiary/aromatic N) is 4. The molecule has 0 bridgehead atoms. The molecule has 130 valence electrons. The molecule has 0 aliphatic rings. The summed E-state index contributed by atoms with van der Waals surface area (Å²) in [7, 11) is 0. The van der Waals surface area contributed by atoms with Crippen molar-refractivity contribution in [3.8, 4) is 11.4 Å². The van der Waals surface area contributed by atoms with Crippen molar-refractivity contribution < 1.29 is 9.47 Å². The SMILES string of the molecule is CCCOCN(COCCC)c1nc(C)nc(-c2ccccc2)n1. The Balaban J connectivity index is 2.22. The summed E-state index contributed by atoms with van der Waals surface area (Å²) < 4.78 is 11.3. The van der Waals surface area contributed by atoms with Crippen LogP contribution in [-0.4, -0.2) is 41.6 Å². The number of hydrogen-bond acceptors (Lipinski definition) is 6. The highest BCUT2D eigenvalue weighted by molar-refractivity contribution is 5.55. The van der Waals surface area contributed by atoms with Crippen molar-refractivity contribution in [1.29, 1.82) is 0 Å². The van der Waals surface area contributed by atoms with Crippen molar-refractivity contribution >= 4 is 5.95 Å². The molecule has 0 saturated carbocycles. The number of aryl methyl sites for hydroxylation is 1. The number of rotatable bonds is 10. The number of benzene rings is 1. The summed E-state index contributed by atoms with van der Waals surface area (Å²) in [6, 6.07) is 9.90. The van der Waals surface area contributed by atoms with Crippen molar-refractivity contribution in [2.45, 2.75) is 33.6 Å². The highest BCUT2D eigenvalue weighted by Gasteiger charge is 2.13. The van der Waals surface area contributed by atoms with Crippen LogP contribution in [0.1, 0.15) is 32.5 Å². The fraction of sp³-hybridized carbons (Fsp3) is 0.500. The lowest BCUT2D eigenvalue weighted by Crippen LogP contribution is -2.31. The summed E-state index contributed by atoms with van der Waals surface area (Å²) in [4.78, 5) is 15.4. The molecule has 0 fully saturated rings. The predicted molar refractivity (Wildman–Crippen MR) is 94.7 cm³/mol. The highest BCUT2D eigenvalue weighted by Crippen LogP contribution is 2.17. The molecule has 24 heavy (non-hydrogen) atoms. The van der Waals surface area contributed by atoms with E-state index >= 15 is 0 Å². The summed E-state index contributed by atoms with van der Waals surface area (Å²) in [6.07, 6.45) is 1.93. The van der Waals surface area contributed by atoms with E-state index in [9.17, 15) is 0 Å². The van der Waals surface area contributed by atoms with Gasteiger partial charge >= 0.3 is 0 Å². The van der Waals surface area contributed by atoms with Crippen LogP contribution < -0.4 is 4.90 Å². The lowest BCUT2D eigenvalue weighted by atomic mass is 10.2. The second-order valence-electron chi connectivity index (χ2n) is 5.49. The Morgan fingerprint density at radius 3 is 2.08 bits per heavy atom. The third-order valence-corrected chi connectivity index (χ3v) is 3.24. The first-order chi connectivity index (χ1) is 11.7. The van der Waals surface area contributed by atoms with E-state index in [1.807, 2.05) is 42.2 Å². The minimum Gasteiger partial charge on any atom is -0.361 e. The molecule has 0 aliphatic carbocycles. The normalized spacial score (nSPS) is 10.8. The molecular weight excluding hydrogens is 304 g/mol. The molecule has 0 radical (unpaired) electrons. The van der Waals surface area contributed by atoms with Gasteiger partial charge in [0.15, 0.2) is 5.82 Å². The van der Waals surface area contributed by atoms with Crippen LogP contribution in [0, 0.1) is 6.92 Å². The maximum absolute atomic E-state index is 5.66. The fourth-order valence-electron chi connectivity index (χ4n) is 2.12. The minimum absolute atomic E-state index is 0.398. The van der Waals surface area contributed by atoms with Crippen molar-refractivity contribution in [3.63, 3.8) is 0 Å². The average Bonchev–Trinajstić information content (AvgIpc) is 2.61. The van der Waals surface area contributed by atoms with Gasteiger partial charge in [-0.25, -0.2) is 4.98 Å². The van der Waals surface area contributed by atoms with Crippen molar-refractivity contribution in [1.82, 2.24) is 15.0 Å². The number of ether oxygens (including phenoxy) is 2. The second-order valence-corrected chi connectivity index (χ2v) is 5.49. The molecule has 1 aromatic carbocycles. The Labute approximate surface area is 143 Å². The van der Waals surface area contributed by atoms with Gasteiger partial charge in [0.25, 0.3) is 0 Å².